The minimum absolute atomic E-state index is 0.557. The Labute approximate surface area is 91.1 Å². The molecule has 0 amide bonds. The molecule has 2 rings (SSSR count). The first-order valence-corrected chi connectivity index (χ1v) is 5.54. The summed E-state index contributed by atoms with van der Waals surface area (Å²) in [6, 6.07) is 0.557. The van der Waals surface area contributed by atoms with Gasteiger partial charge >= 0.3 is 0 Å². The Bertz CT molecular complexity index is 365. The Morgan fingerprint density at radius 3 is 2.53 bits per heavy atom. The minimum Gasteiger partial charge on any atom is -0.394 e. The molecule has 1 aromatic rings. The second kappa shape index (κ2) is 3.43. The van der Waals surface area contributed by atoms with Crippen molar-refractivity contribution < 1.29 is 0 Å². The summed E-state index contributed by atoms with van der Waals surface area (Å²) in [5, 5.41) is 4.34. The molecule has 0 bridgehead atoms. The molecule has 1 heterocycles. The molecule has 84 valence electrons. The summed E-state index contributed by atoms with van der Waals surface area (Å²) in [5.74, 6) is 1.89. The van der Waals surface area contributed by atoms with E-state index in [4.69, 9.17) is 5.73 Å². The van der Waals surface area contributed by atoms with Crippen LogP contribution < -0.4 is 10.6 Å². The fraction of sp³-hybridized carbons (Fsp3) is 0.727. The van der Waals surface area contributed by atoms with Crippen LogP contribution in [-0.4, -0.2) is 22.9 Å². The van der Waals surface area contributed by atoms with Crippen molar-refractivity contribution in [1.82, 2.24) is 9.78 Å². The Morgan fingerprint density at radius 1 is 1.53 bits per heavy atom. The molecule has 4 heteroatoms. The molecule has 2 N–H and O–H groups in total. The van der Waals surface area contributed by atoms with E-state index in [1.54, 1.807) is 0 Å². The third-order valence-electron chi connectivity index (χ3n) is 3.49. The molecule has 0 saturated heterocycles. The summed E-state index contributed by atoms with van der Waals surface area (Å²) in [6.07, 6.45) is 2.70. The van der Waals surface area contributed by atoms with Gasteiger partial charge in [-0.3, -0.25) is 4.68 Å². The molecule has 1 aliphatic rings. The summed E-state index contributed by atoms with van der Waals surface area (Å²) >= 11 is 0. The molecule has 0 aliphatic heterocycles. The highest BCUT2D eigenvalue weighted by Gasteiger charge is 2.32. The van der Waals surface area contributed by atoms with Crippen molar-refractivity contribution >= 4 is 11.5 Å². The predicted molar refractivity (Wildman–Crippen MR) is 62.9 cm³/mol. The van der Waals surface area contributed by atoms with E-state index >= 15 is 0 Å². The number of rotatable bonds is 3. The van der Waals surface area contributed by atoms with Crippen molar-refractivity contribution in [3.05, 3.63) is 5.69 Å². The normalized spacial score (nSPS) is 17.9. The molecule has 4 nitrogen and oxygen atoms in total. The minimum atomic E-state index is 0.557. The molecule has 1 aliphatic carbocycles. The van der Waals surface area contributed by atoms with Gasteiger partial charge in [0.05, 0.1) is 11.4 Å². The third-order valence-corrected chi connectivity index (χ3v) is 3.49. The van der Waals surface area contributed by atoms with Crippen molar-refractivity contribution in [3.8, 4) is 0 Å². The van der Waals surface area contributed by atoms with E-state index in [0.717, 1.165) is 23.1 Å². The fourth-order valence-electron chi connectivity index (χ4n) is 2.17. The number of hydrogen-bond donors (Lipinski definition) is 1. The van der Waals surface area contributed by atoms with Crippen LogP contribution in [0.3, 0.4) is 0 Å². The van der Waals surface area contributed by atoms with Crippen LogP contribution in [0.2, 0.25) is 0 Å². The third kappa shape index (κ3) is 1.68. The standard InChI is InChI=1S/C11H20N4/c1-7-10(12)11(15(4)13-7)14(3)8(2)9-5-6-9/h8-9H,5-6,12H2,1-4H3. The van der Waals surface area contributed by atoms with E-state index in [1.165, 1.54) is 12.8 Å². The van der Waals surface area contributed by atoms with Crippen LogP contribution in [0.5, 0.6) is 0 Å². The maximum absolute atomic E-state index is 6.04. The SMILES string of the molecule is Cc1nn(C)c(N(C)C(C)C2CC2)c1N. The summed E-state index contributed by atoms with van der Waals surface area (Å²) in [5.41, 5.74) is 7.77. The van der Waals surface area contributed by atoms with Crippen LogP contribution in [0.1, 0.15) is 25.5 Å². The zero-order valence-electron chi connectivity index (χ0n) is 9.99. The van der Waals surface area contributed by atoms with Gasteiger partial charge in [0.1, 0.15) is 5.82 Å². The summed E-state index contributed by atoms with van der Waals surface area (Å²) in [4.78, 5) is 2.26. The molecule has 0 aromatic carbocycles. The number of nitrogens with zero attached hydrogens (tertiary/aromatic N) is 3. The van der Waals surface area contributed by atoms with Crippen LogP contribution >= 0.6 is 0 Å². The van der Waals surface area contributed by atoms with Crippen molar-refractivity contribution in [2.45, 2.75) is 32.7 Å². The monoisotopic (exact) mass is 208 g/mol. The summed E-state index contributed by atoms with van der Waals surface area (Å²) < 4.78 is 1.88. The van der Waals surface area contributed by atoms with E-state index in [1.807, 2.05) is 18.7 Å². The zero-order chi connectivity index (χ0) is 11.2. The first kappa shape index (κ1) is 10.3. The Balaban J connectivity index is 2.27. The van der Waals surface area contributed by atoms with Gasteiger partial charge in [-0.15, -0.1) is 0 Å². The van der Waals surface area contributed by atoms with E-state index in [-0.39, 0.29) is 0 Å². The number of aromatic nitrogens is 2. The van der Waals surface area contributed by atoms with Gasteiger partial charge in [-0.25, -0.2) is 0 Å². The largest absolute Gasteiger partial charge is 0.394 e. The van der Waals surface area contributed by atoms with Gasteiger partial charge in [-0.2, -0.15) is 5.10 Å². The lowest BCUT2D eigenvalue weighted by molar-refractivity contribution is 0.588. The smallest absolute Gasteiger partial charge is 0.150 e. The highest BCUT2D eigenvalue weighted by Crippen LogP contribution is 2.37. The van der Waals surface area contributed by atoms with Crippen LogP contribution in [0, 0.1) is 12.8 Å². The van der Waals surface area contributed by atoms with Crippen LogP contribution in [0.25, 0.3) is 0 Å². The highest BCUT2D eigenvalue weighted by molar-refractivity contribution is 5.66. The predicted octanol–water partition coefficient (Wildman–Crippen LogP) is 1.55. The van der Waals surface area contributed by atoms with E-state index in [2.05, 4.69) is 24.0 Å². The molecule has 0 radical (unpaired) electrons. The summed E-state index contributed by atoms with van der Waals surface area (Å²) in [7, 11) is 4.06. The summed E-state index contributed by atoms with van der Waals surface area (Å²) in [6.45, 7) is 4.22. The fourth-order valence-corrected chi connectivity index (χ4v) is 2.17. The molecular weight excluding hydrogens is 188 g/mol. The first-order chi connectivity index (χ1) is 7.02. The van der Waals surface area contributed by atoms with E-state index in [0.29, 0.717) is 6.04 Å². The zero-order valence-corrected chi connectivity index (χ0v) is 9.99. The van der Waals surface area contributed by atoms with Gasteiger partial charge in [0.15, 0.2) is 0 Å². The molecule has 1 saturated carbocycles. The van der Waals surface area contributed by atoms with Gasteiger partial charge < -0.3 is 10.6 Å². The molecule has 1 fully saturated rings. The number of nitrogens with two attached hydrogens (primary N) is 1. The Hall–Kier alpha value is -1.19. The van der Waals surface area contributed by atoms with Crippen molar-refractivity contribution in [1.29, 1.82) is 0 Å². The van der Waals surface area contributed by atoms with Crippen molar-refractivity contribution in [2.75, 3.05) is 17.7 Å². The number of hydrogen-bond acceptors (Lipinski definition) is 3. The Kier molecular flexibility index (Phi) is 2.37. The van der Waals surface area contributed by atoms with Gasteiger partial charge in [-0.05, 0) is 32.6 Å². The average molecular weight is 208 g/mol. The van der Waals surface area contributed by atoms with Crippen molar-refractivity contribution in [2.24, 2.45) is 13.0 Å². The molecule has 1 atom stereocenters. The topological polar surface area (TPSA) is 47.1 Å². The second-order valence-corrected chi connectivity index (χ2v) is 4.64. The van der Waals surface area contributed by atoms with Gasteiger partial charge in [0.25, 0.3) is 0 Å². The van der Waals surface area contributed by atoms with Gasteiger partial charge in [0.2, 0.25) is 0 Å². The maximum atomic E-state index is 6.04. The lowest BCUT2D eigenvalue weighted by atomic mass is 10.2. The van der Waals surface area contributed by atoms with Gasteiger partial charge in [-0.1, -0.05) is 0 Å². The number of aryl methyl sites for hydroxylation is 2. The number of nitrogen functional groups attached to an aromatic ring is 1. The lowest BCUT2D eigenvalue weighted by Gasteiger charge is -2.27. The molecular formula is C11H20N4. The molecule has 1 aromatic heterocycles. The highest BCUT2D eigenvalue weighted by atomic mass is 15.4. The maximum Gasteiger partial charge on any atom is 0.150 e. The second-order valence-electron chi connectivity index (χ2n) is 4.64. The van der Waals surface area contributed by atoms with Crippen molar-refractivity contribution in [3.63, 3.8) is 0 Å². The molecule has 15 heavy (non-hydrogen) atoms. The number of anilines is 2. The van der Waals surface area contributed by atoms with Crippen LogP contribution in [-0.2, 0) is 7.05 Å². The van der Waals surface area contributed by atoms with E-state index in [9.17, 15) is 0 Å². The average Bonchev–Trinajstić information content (AvgIpc) is 2.96. The Morgan fingerprint density at radius 2 is 2.13 bits per heavy atom. The van der Waals surface area contributed by atoms with E-state index < -0.39 is 0 Å². The van der Waals surface area contributed by atoms with Crippen LogP contribution in [0.4, 0.5) is 11.5 Å². The quantitative estimate of drug-likeness (QED) is 0.819. The lowest BCUT2D eigenvalue weighted by Crippen LogP contribution is -2.32. The van der Waals surface area contributed by atoms with Gasteiger partial charge in [0, 0.05) is 20.1 Å². The molecule has 1 unspecified atom stereocenters. The molecule has 0 spiro atoms. The first-order valence-electron chi connectivity index (χ1n) is 5.54. The van der Waals surface area contributed by atoms with Crippen LogP contribution in [0.15, 0.2) is 0 Å².